The molecule has 1 atom stereocenters. The number of hydrogen-bond acceptors (Lipinski definition) is 5. The van der Waals surface area contributed by atoms with Gasteiger partial charge >= 0.3 is 6.80 Å². The van der Waals surface area contributed by atoms with E-state index < -0.39 is 6.80 Å². The van der Waals surface area contributed by atoms with Gasteiger partial charge in [-0.25, -0.2) is 4.57 Å². The molecule has 0 N–H and O–H groups in total. The Morgan fingerprint density at radius 1 is 1.33 bits per heavy atom. The van der Waals surface area contributed by atoms with Crippen LogP contribution in [0.15, 0.2) is 12.1 Å². The molecule has 1 aliphatic carbocycles. The summed E-state index contributed by atoms with van der Waals surface area (Å²) in [6.45, 7) is 0.738. The Bertz CT molecular complexity index is 591. The summed E-state index contributed by atoms with van der Waals surface area (Å²) in [5.74, 6) is 1.07. The van der Waals surface area contributed by atoms with Crippen LogP contribution in [0.25, 0.3) is 0 Å². The number of Topliss-reactive ketones (excluding diaryl/α,β-unsaturated/α-hetero) is 1. The molecule has 0 saturated heterocycles. The first-order chi connectivity index (χ1) is 10.0. The van der Waals surface area contributed by atoms with Crippen LogP contribution in [-0.4, -0.2) is 18.1 Å². The largest absolute Gasteiger partial charge is 0.440 e. The van der Waals surface area contributed by atoms with Gasteiger partial charge in [0.2, 0.25) is 0 Å². The van der Waals surface area contributed by atoms with Crippen LogP contribution < -0.4 is 4.52 Å². The summed E-state index contributed by atoms with van der Waals surface area (Å²) in [6, 6.07) is 3.31. The van der Waals surface area contributed by atoms with Crippen LogP contribution >= 0.6 is 29.8 Å². The molecule has 2 rings (SSSR count). The lowest BCUT2D eigenvalue weighted by Crippen LogP contribution is -2.00. The Morgan fingerprint density at radius 3 is 2.76 bits per heavy atom. The minimum atomic E-state index is -3.32. The van der Waals surface area contributed by atoms with Crippen molar-refractivity contribution in [1.82, 2.24) is 0 Å². The van der Waals surface area contributed by atoms with Crippen LogP contribution in [0, 0.1) is 0 Å². The number of halogens is 1. The number of rotatable bonds is 7. The molecule has 0 spiro atoms. The van der Waals surface area contributed by atoms with Gasteiger partial charge in [-0.3, -0.25) is 9.32 Å². The maximum absolute atomic E-state index is 12.8. The fourth-order valence-electron chi connectivity index (χ4n) is 2.14. The number of fused-ring (bicyclic) bond motifs is 1. The normalized spacial score (nSPS) is 16.6. The maximum atomic E-state index is 12.8. The van der Waals surface area contributed by atoms with E-state index >= 15 is 0 Å². The fraction of sp³-hybridized carbons (Fsp3) is 0.500. The first-order valence-corrected chi connectivity index (χ1v) is 10.4. The SMILES string of the molecule is CCCSP(=O)(OCC)Oc1c(Cl)ccc2c1CCC2=O. The summed E-state index contributed by atoms with van der Waals surface area (Å²) in [5.41, 5.74) is 1.35. The first kappa shape index (κ1) is 16.9. The topological polar surface area (TPSA) is 52.6 Å². The maximum Gasteiger partial charge on any atom is 0.440 e. The Morgan fingerprint density at radius 2 is 2.10 bits per heavy atom. The number of hydrogen-bond donors (Lipinski definition) is 0. The van der Waals surface area contributed by atoms with Gasteiger partial charge in [-0.1, -0.05) is 18.5 Å². The molecule has 0 saturated carbocycles. The smallest absolute Gasteiger partial charge is 0.415 e. The van der Waals surface area contributed by atoms with Crippen LogP contribution in [0.5, 0.6) is 5.75 Å². The van der Waals surface area contributed by atoms with Gasteiger partial charge in [0.15, 0.2) is 11.5 Å². The second kappa shape index (κ2) is 7.19. The average molecular weight is 349 g/mol. The van der Waals surface area contributed by atoms with Crippen LogP contribution in [0.3, 0.4) is 0 Å². The molecule has 0 radical (unpaired) electrons. The van der Waals surface area contributed by atoms with E-state index in [9.17, 15) is 9.36 Å². The second-order valence-corrected chi connectivity index (χ2v) is 9.14. The van der Waals surface area contributed by atoms with Crippen LogP contribution in [0.1, 0.15) is 42.6 Å². The van der Waals surface area contributed by atoms with E-state index in [1.165, 1.54) is 11.4 Å². The van der Waals surface area contributed by atoms with Crippen molar-refractivity contribution in [2.75, 3.05) is 12.4 Å². The number of carbonyl (C=O) groups is 1. The molecule has 0 fully saturated rings. The minimum Gasteiger partial charge on any atom is -0.415 e. The molecule has 0 bridgehead atoms. The molecule has 1 aromatic carbocycles. The van der Waals surface area contributed by atoms with Crippen molar-refractivity contribution in [2.45, 2.75) is 33.1 Å². The highest BCUT2D eigenvalue weighted by atomic mass is 35.5. The lowest BCUT2D eigenvalue weighted by atomic mass is 10.1. The molecule has 1 aliphatic rings. The highest BCUT2D eigenvalue weighted by Gasteiger charge is 2.32. The van der Waals surface area contributed by atoms with Crippen LogP contribution in [0.4, 0.5) is 0 Å². The van der Waals surface area contributed by atoms with E-state index in [2.05, 4.69) is 0 Å². The molecule has 1 aromatic rings. The van der Waals surface area contributed by atoms with Gasteiger partial charge in [-0.15, -0.1) is 0 Å². The summed E-state index contributed by atoms with van der Waals surface area (Å²) < 4.78 is 23.8. The first-order valence-electron chi connectivity index (χ1n) is 6.94. The van der Waals surface area contributed by atoms with Crippen LogP contribution in [0.2, 0.25) is 5.02 Å². The zero-order valence-corrected chi connectivity index (χ0v) is 14.5. The van der Waals surface area contributed by atoms with Gasteiger partial charge in [0.25, 0.3) is 0 Å². The Labute approximate surface area is 133 Å². The van der Waals surface area contributed by atoms with Crippen LogP contribution in [-0.2, 0) is 15.5 Å². The molecule has 0 aliphatic heterocycles. The standard InChI is InChI=1S/C14H18ClO4PS/c1-3-9-21-20(17,18-4-2)19-14-11-6-8-13(16)10(11)5-7-12(14)15/h5,7H,3-4,6,8-9H2,1-2H3. The molecule has 116 valence electrons. The third-order valence-corrected chi connectivity index (χ3v) is 7.28. The summed E-state index contributed by atoms with van der Waals surface area (Å²) >= 11 is 7.34. The van der Waals surface area contributed by atoms with Gasteiger partial charge in [0.05, 0.1) is 11.6 Å². The van der Waals surface area contributed by atoms with E-state index in [1.807, 2.05) is 6.92 Å². The number of ketones is 1. The molecule has 7 heteroatoms. The van der Waals surface area contributed by atoms with Gasteiger partial charge in [-0.2, -0.15) is 0 Å². The third-order valence-electron chi connectivity index (χ3n) is 3.06. The van der Waals surface area contributed by atoms with Gasteiger partial charge in [0.1, 0.15) is 0 Å². The third kappa shape index (κ3) is 3.84. The monoisotopic (exact) mass is 348 g/mol. The molecule has 21 heavy (non-hydrogen) atoms. The quantitative estimate of drug-likeness (QED) is 0.639. The van der Waals surface area contributed by atoms with E-state index in [4.69, 9.17) is 20.6 Å². The highest BCUT2D eigenvalue weighted by molar-refractivity contribution is 8.55. The van der Waals surface area contributed by atoms with Gasteiger partial charge in [-0.05, 0) is 43.3 Å². The van der Waals surface area contributed by atoms with Crippen molar-refractivity contribution in [3.8, 4) is 5.75 Å². The Kier molecular flexibility index (Phi) is 5.78. The second-order valence-electron chi connectivity index (χ2n) is 4.62. The van der Waals surface area contributed by atoms with E-state index in [1.54, 1.807) is 19.1 Å². The predicted octanol–water partition coefficient (Wildman–Crippen LogP) is 5.14. The van der Waals surface area contributed by atoms with Crippen molar-refractivity contribution < 1.29 is 18.4 Å². The molecular weight excluding hydrogens is 331 g/mol. The summed E-state index contributed by atoms with van der Waals surface area (Å²) in [7, 11) is 0. The zero-order chi connectivity index (χ0) is 15.5. The minimum absolute atomic E-state index is 0.0685. The van der Waals surface area contributed by atoms with Gasteiger partial charge < -0.3 is 4.52 Å². The van der Waals surface area contributed by atoms with Crippen molar-refractivity contribution in [3.63, 3.8) is 0 Å². The van der Waals surface area contributed by atoms with Crippen molar-refractivity contribution in [3.05, 3.63) is 28.3 Å². The summed E-state index contributed by atoms with van der Waals surface area (Å²) in [4.78, 5) is 11.8. The molecule has 4 nitrogen and oxygen atoms in total. The number of carbonyl (C=O) groups excluding carboxylic acids is 1. The average Bonchev–Trinajstić information content (AvgIpc) is 2.82. The Balaban J connectivity index is 2.33. The molecule has 0 heterocycles. The van der Waals surface area contributed by atoms with E-state index in [0.29, 0.717) is 41.5 Å². The Hall–Kier alpha value is -0.480. The molecule has 1 unspecified atom stereocenters. The van der Waals surface area contributed by atoms with E-state index in [-0.39, 0.29) is 5.78 Å². The fourth-order valence-corrected chi connectivity index (χ4v) is 5.89. The van der Waals surface area contributed by atoms with E-state index in [0.717, 1.165) is 12.0 Å². The predicted molar refractivity (Wildman–Crippen MR) is 86.7 cm³/mol. The lowest BCUT2D eigenvalue weighted by molar-refractivity contribution is 0.0994. The summed E-state index contributed by atoms with van der Waals surface area (Å²) in [6.07, 6.45) is 1.87. The van der Waals surface area contributed by atoms with Crippen molar-refractivity contribution in [1.29, 1.82) is 0 Å². The lowest BCUT2D eigenvalue weighted by Gasteiger charge is -2.20. The number of benzene rings is 1. The van der Waals surface area contributed by atoms with Crippen molar-refractivity contribution >= 4 is 35.6 Å². The molecule has 0 aromatic heterocycles. The zero-order valence-electron chi connectivity index (χ0n) is 12.1. The van der Waals surface area contributed by atoms with Crippen molar-refractivity contribution in [2.24, 2.45) is 0 Å². The van der Waals surface area contributed by atoms with Gasteiger partial charge in [0, 0.05) is 23.3 Å². The molecular formula is C14H18ClO4PS. The molecule has 0 amide bonds. The highest BCUT2D eigenvalue weighted by Crippen LogP contribution is 2.61. The summed E-state index contributed by atoms with van der Waals surface area (Å²) in [5, 5.41) is 0.362.